The molecule has 0 saturated heterocycles. The lowest BCUT2D eigenvalue weighted by Gasteiger charge is -2.36. The van der Waals surface area contributed by atoms with Crippen molar-refractivity contribution in [1.29, 1.82) is 0 Å². The van der Waals surface area contributed by atoms with E-state index in [1.807, 2.05) is 25.7 Å². The predicted octanol–water partition coefficient (Wildman–Crippen LogP) is 3.96. The van der Waals surface area contributed by atoms with Crippen molar-refractivity contribution in [3.8, 4) is 0 Å². The Labute approximate surface area is 154 Å². The minimum Gasteiger partial charge on any atom is -0.461 e. The molecule has 0 bridgehead atoms. The van der Waals surface area contributed by atoms with Gasteiger partial charge in [-0.2, -0.15) is 0 Å². The number of aromatic nitrogens is 1. The van der Waals surface area contributed by atoms with Crippen LogP contribution in [0.15, 0.2) is 5.38 Å². The van der Waals surface area contributed by atoms with Crippen LogP contribution in [0.5, 0.6) is 0 Å². The number of rotatable bonds is 5. The average Bonchev–Trinajstić information content (AvgIpc) is 3.01. The fourth-order valence-electron chi connectivity index (χ4n) is 2.98. The van der Waals surface area contributed by atoms with Gasteiger partial charge >= 0.3 is 12.0 Å². The van der Waals surface area contributed by atoms with Crippen LogP contribution in [0.4, 0.5) is 4.79 Å². The number of nitrogens with zero attached hydrogens (tertiary/aromatic N) is 2. The van der Waals surface area contributed by atoms with E-state index >= 15 is 0 Å². The first kappa shape index (κ1) is 19.7. The summed E-state index contributed by atoms with van der Waals surface area (Å²) in [6.45, 7) is 8.46. The third-order valence-electron chi connectivity index (χ3n) is 4.10. The highest BCUT2D eigenvalue weighted by atomic mass is 32.1. The van der Waals surface area contributed by atoms with Gasteiger partial charge in [-0.05, 0) is 40.5 Å². The smallest absolute Gasteiger partial charge is 0.357 e. The summed E-state index contributed by atoms with van der Waals surface area (Å²) in [5.41, 5.74) is 0.0323. The highest BCUT2D eigenvalue weighted by Crippen LogP contribution is 2.25. The van der Waals surface area contributed by atoms with Crippen LogP contribution in [0, 0.1) is 0 Å². The molecule has 1 aromatic heterocycles. The van der Waals surface area contributed by atoms with Gasteiger partial charge in [-0.1, -0.05) is 19.3 Å². The zero-order chi connectivity index (χ0) is 18.4. The van der Waals surface area contributed by atoms with E-state index in [4.69, 9.17) is 4.74 Å². The van der Waals surface area contributed by atoms with Crippen LogP contribution in [-0.4, -0.2) is 40.1 Å². The van der Waals surface area contributed by atoms with E-state index < -0.39 is 5.97 Å². The van der Waals surface area contributed by atoms with Gasteiger partial charge in [0.15, 0.2) is 5.69 Å². The number of ether oxygens (including phenoxy) is 1. The van der Waals surface area contributed by atoms with E-state index in [9.17, 15) is 9.59 Å². The fourth-order valence-corrected chi connectivity index (χ4v) is 3.74. The number of nitrogens with one attached hydrogen (secondary N) is 1. The maximum atomic E-state index is 12.8. The number of amides is 2. The molecule has 1 fully saturated rings. The lowest BCUT2D eigenvalue weighted by Crippen LogP contribution is -2.52. The van der Waals surface area contributed by atoms with E-state index in [1.165, 1.54) is 17.8 Å². The van der Waals surface area contributed by atoms with Crippen LogP contribution in [0.3, 0.4) is 0 Å². The zero-order valence-corrected chi connectivity index (χ0v) is 16.4. The van der Waals surface area contributed by atoms with Crippen molar-refractivity contribution in [2.45, 2.75) is 77.9 Å². The maximum Gasteiger partial charge on any atom is 0.357 e. The number of urea groups is 1. The minimum absolute atomic E-state index is 0.0627. The lowest BCUT2D eigenvalue weighted by molar-refractivity contribution is 0.0520. The Morgan fingerprint density at radius 3 is 2.60 bits per heavy atom. The van der Waals surface area contributed by atoms with Crippen LogP contribution >= 0.6 is 11.3 Å². The van der Waals surface area contributed by atoms with Crippen molar-refractivity contribution in [3.05, 3.63) is 16.1 Å². The summed E-state index contributed by atoms with van der Waals surface area (Å²) in [5.74, 6) is -0.409. The van der Waals surface area contributed by atoms with Gasteiger partial charge in [0.1, 0.15) is 5.01 Å². The van der Waals surface area contributed by atoms with Crippen molar-refractivity contribution < 1.29 is 14.3 Å². The molecule has 7 heteroatoms. The standard InChI is InChI=1S/C18H29N3O3S/c1-5-24-16(22)14-12-25-15(19-14)11-21(13-9-7-6-8-10-13)17(23)20-18(2,3)4/h12-13H,5-11H2,1-4H3,(H,20,23). The number of hydrogen-bond donors (Lipinski definition) is 1. The molecule has 140 valence electrons. The lowest BCUT2D eigenvalue weighted by atomic mass is 9.94. The van der Waals surface area contributed by atoms with Gasteiger partial charge in [-0.15, -0.1) is 11.3 Å². The van der Waals surface area contributed by atoms with Gasteiger partial charge in [0.25, 0.3) is 0 Å². The molecule has 0 spiro atoms. The van der Waals surface area contributed by atoms with Gasteiger partial charge < -0.3 is 15.0 Å². The number of thiazole rings is 1. The Kier molecular flexibility index (Phi) is 6.81. The molecule has 1 aliphatic carbocycles. The molecular weight excluding hydrogens is 338 g/mol. The summed E-state index contributed by atoms with van der Waals surface area (Å²) in [5, 5.41) is 5.52. The van der Waals surface area contributed by atoms with Crippen LogP contribution in [-0.2, 0) is 11.3 Å². The molecule has 1 N–H and O–H groups in total. The largest absolute Gasteiger partial charge is 0.461 e. The Hall–Kier alpha value is -1.63. The topological polar surface area (TPSA) is 71.5 Å². The third-order valence-corrected chi connectivity index (χ3v) is 4.93. The molecule has 1 aliphatic rings. The number of esters is 1. The maximum absolute atomic E-state index is 12.8. The summed E-state index contributed by atoms with van der Waals surface area (Å²) < 4.78 is 4.99. The molecule has 0 unspecified atom stereocenters. The highest BCUT2D eigenvalue weighted by Gasteiger charge is 2.28. The first-order valence-corrected chi connectivity index (χ1v) is 9.88. The molecule has 2 amide bonds. The Balaban J connectivity index is 2.12. The molecule has 0 aliphatic heterocycles. The Bertz CT molecular complexity index is 589. The second-order valence-corrected chi connectivity index (χ2v) is 8.39. The second-order valence-electron chi connectivity index (χ2n) is 7.45. The summed E-state index contributed by atoms with van der Waals surface area (Å²) >= 11 is 1.40. The van der Waals surface area contributed by atoms with E-state index in [2.05, 4.69) is 10.3 Å². The van der Waals surface area contributed by atoms with Crippen molar-refractivity contribution in [2.75, 3.05) is 6.61 Å². The first-order chi connectivity index (χ1) is 11.8. The Morgan fingerprint density at radius 1 is 1.32 bits per heavy atom. The second kappa shape index (κ2) is 8.65. The van der Waals surface area contributed by atoms with Crippen molar-refractivity contribution in [2.24, 2.45) is 0 Å². The predicted molar refractivity (Wildman–Crippen MR) is 98.8 cm³/mol. The quantitative estimate of drug-likeness (QED) is 0.800. The normalized spacial score (nSPS) is 15.7. The number of carbonyl (C=O) groups is 2. The SMILES string of the molecule is CCOC(=O)c1csc(CN(C(=O)NC(C)(C)C)C2CCCCC2)n1. The summed E-state index contributed by atoms with van der Waals surface area (Å²) in [7, 11) is 0. The third kappa shape index (κ3) is 5.99. The van der Waals surface area contributed by atoms with Gasteiger partial charge in [-0.3, -0.25) is 0 Å². The molecule has 0 radical (unpaired) electrons. The van der Waals surface area contributed by atoms with Crippen molar-refractivity contribution in [1.82, 2.24) is 15.2 Å². The molecule has 25 heavy (non-hydrogen) atoms. The molecule has 1 aromatic rings. The summed E-state index contributed by atoms with van der Waals surface area (Å²) in [6, 6.07) is 0.165. The molecule has 0 atom stereocenters. The van der Waals surface area contributed by atoms with Gasteiger partial charge in [0, 0.05) is 17.0 Å². The molecular formula is C18H29N3O3S. The number of carbonyl (C=O) groups excluding carboxylic acids is 2. The van der Waals surface area contributed by atoms with Crippen LogP contribution in [0.2, 0.25) is 0 Å². The fraction of sp³-hybridized carbons (Fsp3) is 0.722. The highest BCUT2D eigenvalue weighted by molar-refractivity contribution is 7.09. The van der Waals surface area contributed by atoms with E-state index in [0.29, 0.717) is 18.8 Å². The van der Waals surface area contributed by atoms with Gasteiger partial charge in [0.05, 0.1) is 13.2 Å². The first-order valence-electron chi connectivity index (χ1n) is 9.00. The summed E-state index contributed by atoms with van der Waals surface area (Å²) in [6.07, 6.45) is 5.57. The monoisotopic (exact) mass is 367 g/mol. The molecule has 1 heterocycles. The summed E-state index contributed by atoms with van der Waals surface area (Å²) in [4.78, 5) is 30.9. The molecule has 2 rings (SSSR count). The van der Waals surface area contributed by atoms with Crippen molar-refractivity contribution in [3.63, 3.8) is 0 Å². The molecule has 0 aromatic carbocycles. The zero-order valence-electron chi connectivity index (χ0n) is 15.6. The van der Waals surface area contributed by atoms with E-state index in [0.717, 1.165) is 30.7 Å². The van der Waals surface area contributed by atoms with E-state index in [1.54, 1.807) is 12.3 Å². The van der Waals surface area contributed by atoms with E-state index in [-0.39, 0.29) is 17.6 Å². The minimum atomic E-state index is -0.409. The molecule has 1 saturated carbocycles. The molecule has 6 nitrogen and oxygen atoms in total. The van der Waals surface area contributed by atoms with Crippen LogP contribution in [0.25, 0.3) is 0 Å². The van der Waals surface area contributed by atoms with Crippen LogP contribution in [0.1, 0.15) is 75.3 Å². The average molecular weight is 368 g/mol. The van der Waals surface area contributed by atoms with Crippen molar-refractivity contribution >= 4 is 23.3 Å². The number of hydrogen-bond acceptors (Lipinski definition) is 5. The van der Waals surface area contributed by atoms with Crippen LogP contribution < -0.4 is 5.32 Å². The van der Waals surface area contributed by atoms with Gasteiger partial charge in [-0.25, -0.2) is 14.6 Å². The Morgan fingerprint density at radius 2 is 2.00 bits per heavy atom. The van der Waals surface area contributed by atoms with Gasteiger partial charge in [0.2, 0.25) is 0 Å².